The van der Waals surface area contributed by atoms with Crippen LogP contribution in [0, 0.1) is 12.7 Å². The minimum Gasteiger partial charge on any atom is -0.357 e. The van der Waals surface area contributed by atoms with E-state index in [2.05, 4.69) is 20.8 Å². The van der Waals surface area contributed by atoms with Gasteiger partial charge in [-0.25, -0.2) is 4.39 Å². The maximum Gasteiger partial charge on any atom is 0.237 e. The Bertz CT molecular complexity index is 717. The van der Waals surface area contributed by atoms with Crippen LogP contribution in [0.1, 0.15) is 25.3 Å². The maximum atomic E-state index is 13.5. The molecule has 1 aliphatic rings. The van der Waals surface area contributed by atoms with Crippen molar-refractivity contribution in [2.24, 2.45) is 0 Å². The quantitative estimate of drug-likeness (QED) is 0.776. The molecule has 1 aromatic heterocycles. The summed E-state index contributed by atoms with van der Waals surface area (Å²) in [4.78, 5) is 12.2. The van der Waals surface area contributed by atoms with E-state index in [1.807, 2.05) is 0 Å². The molecular formula is C15H17FN4OS2. The highest BCUT2D eigenvalue weighted by atomic mass is 32.2. The van der Waals surface area contributed by atoms with Gasteiger partial charge in [-0.3, -0.25) is 4.79 Å². The number of nitrogens with zero attached hydrogens (tertiary/aromatic N) is 2. The van der Waals surface area contributed by atoms with E-state index < -0.39 is 0 Å². The fourth-order valence-electron chi connectivity index (χ4n) is 1.84. The molecule has 1 atom stereocenters. The highest BCUT2D eigenvalue weighted by Gasteiger charge is 2.23. The molecule has 5 nitrogen and oxygen atoms in total. The van der Waals surface area contributed by atoms with Crippen molar-refractivity contribution in [3.05, 3.63) is 29.6 Å². The topological polar surface area (TPSA) is 66.9 Å². The van der Waals surface area contributed by atoms with Gasteiger partial charge in [0.05, 0.1) is 5.25 Å². The van der Waals surface area contributed by atoms with E-state index in [9.17, 15) is 9.18 Å². The van der Waals surface area contributed by atoms with E-state index in [1.54, 1.807) is 26.0 Å². The first-order valence-electron chi connectivity index (χ1n) is 7.35. The highest BCUT2D eigenvalue weighted by molar-refractivity contribution is 8.02. The third kappa shape index (κ3) is 4.42. The molecule has 2 aromatic rings. The van der Waals surface area contributed by atoms with E-state index in [-0.39, 0.29) is 17.0 Å². The van der Waals surface area contributed by atoms with Crippen LogP contribution in [0.4, 0.5) is 15.2 Å². The van der Waals surface area contributed by atoms with Gasteiger partial charge in [0.2, 0.25) is 11.0 Å². The predicted molar refractivity (Wildman–Crippen MR) is 91.6 cm³/mol. The standard InChI is InChI=1S/C15H17FN4OS2/c1-8-3-4-11(7-12(8)16)17-13(21)9(2)22-15-20-19-14(23-15)18-10-5-6-10/h3-4,7,9-10H,5-6H2,1-2H3,(H,17,21)(H,18,19). The van der Waals surface area contributed by atoms with Crippen molar-refractivity contribution in [2.45, 2.75) is 42.3 Å². The zero-order valence-corrected chi connectivity index (χ0v) is 14.4. The first-order valence-corrected chi connectivity index (χ1v) is 9.04. The summed E-state index contributed by atoms with van der Waals surface area (Å²) >= 11 is 2.79. The molecule has 122 valence electrons. The summed E-state index contributed by atoms with van der Waals surface area (Å²) in [5.41, 5.74) is 1.01. The molecule has 0 aliphatic heterocycles. The minimum absolute atomic E-state index is 0.190. The van der Waals surface area contributed by atoms with Crippen molar-refractivity contribution in [1.29, 1.82) is 0 Å². The van der Waals surface area contributed by atoms with Crippen LogP contribution < -0.4 is 10.6 Å². The molecular weight excluding hydrogens is 335 g/mol. The molecule has 1 aliphatic carbocycles. The lowest BCUT2D eigenvalue weighted by Crippen LogP contribution is -2.22. The molecule has 23 heavy (non-hydrogen) atoms. The van der Waals surface area contributed by atoms with Crippen LogP contribution >= 0.6 is 23.1 Å². The Kier molecular flexibility index (Phi) is 4.82. The number of anilines is 2. The summed E-state index contributed by atoms with van der Waals surface area (Å²) in [6.45, 7) is 3.47. The van der Waals surface area contributed by atoms with Crippen molar-refractivity contribution in [3.63, 3.8) is 0 Å². The first-order chi connectivity index (χ1) is 11.0. The molecule has 1 unspecified atom stereocenters. The fourth-order valence-corrected chi connectivity index (χ4v) is 3.81. The van der Waals surface area contributed by atoms with Gasteiger partial charge < -0.3 is 10.6 Å². The number of rotatable bonds is 6. The Hall–Kier alpha value is -1.67. The number of halogens is 1. The van der Waals surface area contributed by atoms with Crippen LogP contribution in [0.15, 0.2) is 22.5 Å². The summed E-state index contributed by atoms with van der Waals surface area (Å²) in [6.07, 6.45) is 2.35. The third-order valence-electron chi connectivity index (χ3n) is 3.40. The van der Waals surface area contributed by atoms with Crippen molar-refractivity contribution in [2.75, 3.05) is 10.6 Å². The zero-order valence-electron chi connectivity index (χ0n) is 12.8. The molecule has 8 heteroatoms. The molecule has 0 saturated heterocycles. The number of nitrogens with one attached hydrogen (secondary N) is 2. The average molecular weight is 352 g/mol. The summed E-state index contributed by atoms with van der Waals surface area (Å²) < 4.78 is 14.3. The van der Waals surface area contributed by atoms with E-state index in [0.29, 0.717) is 17.3 Å². The molecule has 1 amide bonds. The van der Waals surface area contributed by atoms with E-state index >= 15 is 0 Å². The van der Waals surface area contributed by atoms with Gasteiger partial charge in [-0.15, -0.1) is 10.2 Å². The van der Waals surface area contributed by atoms with Gasteiger partial charge >= 0.3 is 0 Å². The number of benzene rings is 1. The van der Waals surface area contributed by atoms with Crippen LogP contribution in [-0.4, -0.2) is 27.4 Å². The summed E-state index contributed by atoms with van der Waals surface area (Å²) in [5.74, 6) is -0.520. The summed E-state index contributed by atoms with van der Waals surface area (Å²) in [5, 5.41) is 14.6. The molecule has 1 saturated carbocycles. The molecule has 0 spiro atoms. The SMILES string of the molecule is Cc1ccc(NC(=O)C(C)Sc2nnc(NC3CC3)s2)cc1F. The van der Waals surface area contributed by atoms with Gasteiger partial charge in [0.15, 0.2) is 4.34 Å². The smallest absolute Gasteiger partial charge is 0.237 e. The normalized spacial score (nSPS) is 15.3. The Morgan fingerprint density at radius 1 is 1.43 bits per heavy atom. The average Bonchev–Trinajstić information content (AvgIpc) is 3.21. The van der Waals surface area contributed by atoms with Crippen molar-refractivity contribution in [3.8, 4) is 0 Å². The lowest BCUT2D eigenvalue weighted by molar-refractivity contribution is -0.115. The van der Waals surface area contributed by atoms with Crippen molar-refractivity contribution in [1.82, 2.24) is 10.2 Å². The number of carbonyl (C=O) groups is 1. The second kappa shape index (κ2) is 6.84. The van der Waals surface area contributed by atoms with Gasteiger partial charge in [0.1, 0.15) is 5.82 Å². The van der Waals surface area contributed by atoms with Gasteiger partial charge in [-0.1, -0.05) is 29.2 Å². The van der Waals surface area contributed by atoms with E-state index in [4.69, 9.17) is 0 Å². The monoisotopic (exact) mass is 352 g/mol. The first kappa shape index (κ1) is 16.2. The van der Waals surface area contributed by atoms with Crippen LogP contribution in [-0.2, 0) is 4.79 Å². The van der Waals surface area contributed by atoms with Crippen LogP contribution in [0.3, 0.4) is 0 Å². The number of hydrogen-bond donors (Lipinski definition) is 2. The highest BCUT2D eigenvalue weighted by Crippen LogP contribution is 2.32. The predicted octanol–water partition coefficient (Wildman–Crippen LogP) is 3.68. The largest absolute Gasteiger partial charge is 0.357 e. The molecule has 2 N–H and O–H groups in total. The minimum atomic E-state index is -0.346. The van der Waals surface area contributed by atoms with Gasteiger partial charge in [0.25, 0.3) is 0 Å². The lowest BCUT2D eigenvalue weighted by atomic mass is 10.2. The Morgan fingerprint density at radius 2 is 2.22 bits per heavy atom. The number of carbonyl (C=O) groups excluding carboxylic acids is 1. The number of thioether (sulfide) groups is 1. The molecule has 0 bridgehead atoms. The van der Waals surface area contributed by atoms with Gasteiger partial charge in [-0.2, -0.15) is 0 Å². The van der Waals surface area contributed by atoms with E-state index in [0.717, 1.165) is 9.47 Å². The van der Waals surface area contributed by atoms with E-state index in [1.165, 1.54) is 42.0 Å². The van der Waals surface area contributed by atoms with Gasteiger partial charge in [0, 0.05) is 11.7 Å². The summed E-state index contributed by atoms with van der Waals surface area (Å²) in [7, 11) is 0. The van der Waals surface area contributed by atoms with Crippen LogP contribution in [0.2, 0.25) is 0 Å². The number of hydrogen-bond acceptors (Lipinski definition) is 6. The molecule has 3 rings (SSSR count). The Morgan fingerprint density at radius 3 is 2.91 bits per heavy atom. The Labute approximate surface area is 142 Å². The van der Waals surface area contributed by atoms with Crippen LogP contribution in [0.5, 0.6) is 0 Å². The number of aryl methyl sites for hydroxylation is 1. The fraction of sp³-hybridized carbons (Fsp3) is 0.400. The summed E-state index contributed by atoms with van der Waals surface area (Å²) in [6, 6.07) is 5.19. The molecule has 0 radical (unpaired) electrons. The molecule has 1 aromatic carbocycles. The van der Waals surface area contributed by atoms with Crippen LogP contribution in [0.25, 0.3) is 0 Å². The second-order valence-electron chi connectivity index (χ2n) is 5.51. The Balaban J connectivity index is 1.56. The lowest BCUT2D eigenvalue weighted by Gasteiger charge is -2.10. The zero-order chi connectivity index (χ0) is 16.4. The van der Waals surface area contributed by atoms with Crippen molar-refractivity contribution < 1.29 is 9.18 Å². The number of amides is 1. The van der Waals surface area contributed by atoms with Gasteiger partial charge in [-0.05, 0) is 44.4 Å². The maximum absolute atomic E-state index is 13.5. The molecule has 1 heterocycles. The van der Waals surface area contributed by atoms with Crippen molar-refractivity contribution >= 4 is 39.8 Å². The third-order valence-corrected chi connectivity index (χ3v) is 5.44. The number of aromatic nitrogens is 2. The molecule has 1 fully saturated rings. The second-order valence-corrected chi connectivity index (χ2v) is 8.07.